The van der Waals surface area contributed by atoms with Crippen LogP contribution in [0.2, 0.25) is 0 Å². The van der Waals surface area contributed by atoms with Crippen molar-refractivity contribution in [3.05, 3.63) is 43.1 Å². The molecule has 104 valence electrons. The van der Waals surface area contributed by atoms with Crippen LogP contribution in [-0.4, -0.2) is 35.1 Å². The summed E-state index contributed by atoms with van der Waals surface area (Å²) in [6.07, 6.45) is 2.57. The van der Waals surface area contributed by atoms with E-state index in [2.05, 4.69) is 52.2 Å². The summed E-state index contributed by atoms with van der Waals surface area (Å²) in [4.78, 5) is 9.50. The van der Waals surface area contributed by atoms with E-state index in [0.29, 0.717) is 12.1 Å². The van der Waals surface area contributed by atoms with Gasteiger partial charge in [-0.25, -0.2) is 0 Å². The summed E-state index contributed by atoms with van der Waals surface area (Å²) in [5, 5.41) is 1.27. The standard InChI is InChI=1S/C17H20N3/c1-12-6-9-15-16(18-12)4-3-5-17(15)20-10-13-7-8-14(11-20)19(13)2/h3-6,9,13-14H,2,7-8,10-11H2,1H3/q-1/t13-,14+. The van der Waals surface area contributed by atoms with Gasteiger partial charge in [-0.05, 0) is 56.1 Å². The van der Waals surface area contributed by atoms with Crippen molar-refractivity contribution in [3.8, 4) is 0 Å². The lowest BCUT2D eigenvalue weighted by atomic mass is 10.1. The minimum atomic E-state index is 0.613. The lowest BCUT2D eigenvalue weighted by Crippen LogP contribution is -2.51. The SMILES string of the molecule is [CH2-]N1[C@@H]2CC[C@H]1CN(c1cccc3nc(C)ccc13)C2. The molecule has 2 saturated heterocycles. The van der Waals surface area contributed by atoms with E-state index in [4.69, 9.17) is 0 Å². The predicted molar refractivity (Wildman–Crippen MR) is 82.7 cm³/mol. The third kappa shape index (κ3) is 1.80. The van der Waals surface area contributed by atoms with Crippen molar-refractivity contribution < 1.29 is 0 Å². The minimum Gasteiger partial charge on any atom is -0.451 e. The molecule has 0 N–H and O–H groups in total. The molecule has 0 amide bonds. The second-order valence-corrected chi connectivity index (χ2v) is 6.10. The number of rotatable bonds is 1. The zero-order valence-corrected chi connectivity index (χ0v) is 11.9. The smallest absolute Gasteiger partial charge is 0.0726 e. The molecule has 0 radical (unpaired) electrons. The van der Waals surface area contributed by atoms with Crippen molar-refractivity contribution >= 4 is 16.6 Å². The molecule has 2 atom stereocenters. The highest BCUT2D eigenvalue weighted by molar-refractivity contribution is 5.92. The van der Waals surface area contributed by atoms with Gasteiger partial charge in [0.25, 0.3) is 0 Å². The minimum absolute atomic E-state index is 0.613. The largest absolute Gasteiger partial charge is 0.451 e. The van der Waals surface area contributed by atoms with Crippen LogP contribution in [0.25, 0.3) is 10.9 Å². The van der Waals surface area contributed by atoms with Crippen LogP contribution < -0.4 is 4.90 Å². The number of nitrogens with zero attached hydrogens (tertiary/aromatic N) is 3. The van der Waals surface area contributed by atoms with Crippen molar-refractivity contribution in [2.24, 2.45) is 0 Å². The zero-order valence-electron chi connectivity index (χ0n) is 11.9. The van der Waals surface area contributed by atoms with Gasteiger partial charge in [-0.1, -0.05) is 6.07 Å². The van der Waals surface area contributed by atoms with Gasteiger partial charge in [-0.3, -0.25) is 12.0 Å². The summed E-state index contributed by atoms with van der Waals surface area (Å²) in [7, 11) is 4.22. The summed E-state index contributed by atoms with van der Waals surface area (Å²) in [6.45, 7) is 4.23. The van der Waals surface area contributed by atoms with Gasteiger partial charge in [0.15, 0.2) is 0 Å². The monoisotopic (exact) mass is 266 g/mol. The Bertz CT molecular complexity index is 638. The van der Waals surface area contributed by atoms with Gasteiger partial charge in [-0.15, -0.1) is 0 Å². The molecule has 3 nitrogen and oxygen atoms in total. The molecule has 2 aliphatic heterocycles. The van der Waals surface area contributed by atoms with E-state index in [1.165, 1.54) is 23.9 Å². The van der Waals surface area contributed by atoms with E-state index >= 15 is 0 Å². The molecule has 3 heteroatoms. The van der Waals surface area contributed by atoms with Gasteiger partial charge < -0.3 is 9.80 Å². The summed E-state index contributed by atoms with van der Waals surface area (Å²) in [5.41, 5.74) is 3.52. The molecule has 2 aromatic rings. The Hall–Kier alpha value is -1.61. The first kappa shape index (κ1) is 12.2. The molecule has 0 saturated carbocycles. The van der Waals surface area contributed by atoms with E-state index in [0.717, 1.165) is 24.3 Å². The van der Waals surface area contributed by atoms with Crippen molar-refractivity contribution in [2.75, 3.05) is 18.0 Å². The van der Waals surface area contributed by atoms with E-state index in [1.807, 2.05) is 6.92 Å². The summed E-state index contributed by atoms with van der Waals surface area (Å²) < 4.78 is 0. The van der Waals surface area contributed by atoms with Crippen LogP contribution in [-0.2, 0) is 0 Å². The molecule has 1 aromatic heterocycles. The number of aryl methyl sites for hydroxylation is 1. The molecule has 1 aromatic carbocycles. The Kier molecular flexibility index (Phi) is 2.71. The van der Waals surface area contributed by atoms with E-state index in [-0.39, 0.29) is 0 Å². The van der Waals surface area contributed by atoms with Crippen LogP contribution in [0.4, 0.5) is 5.69 Å². The molecular formula is C17H20N3-. The number of hydrogen-bond donors (Lipinski definition) is 0. The molecule has 20 heavy (non-hydrogen) atoms. The topological polar surface area (TPSA) is 19.4 Å². The molecule has 2 bridgehead atoms. The van der Waals surface area contributed by atoms with E-state index in [1.54, 1.807) is 0 Å². The van der Waals surface area contributed by atoms with E-state index < -0.39 is 0 Å². The Morgan fingerprint density at radius 1 is 1.10 bits per heavy atom. The number of fused-ring (bicyclic) bond motifs is 3. The van der Waals surface area contributed by atoms with Crippen LogP contribution in [0.3, 0.4) is 0 Å². The average Bonchev–Trinajstić information content (AvgIpc) is 2.68. The molecule has 4 rings (SSSR count). The number of benzene rings is 1. The summed E-state index contributed by atoms with van der Waals surface area (Å²) in [6, 6.07) is 12.0. The van der Waals surface area contributed by atoms with Crippen LogP contribution in [0, 0.1) is 14.0 Å². The van der Waals surface area contributed by atoms with E-state index in [9.17, 15) is 0 Å². The Morgan fingerprint density at radius 2 is 1.85 bits per heavy atom. The molecule has 3 heterocycles. The Balaban J connectivity index is 1.76. The van der Waals surface area contributed by atoms with Gasteiger partial charge in [0.1, 0.15) is 0 Å². The van der Waals surface area contributed by atoms with Crippen molar-refractivity contribution in [1.82, 2.24) is 9.88 Å². The summed E-state index contributed by atoms with van der Waals surface area (Å²) >= 11 is 0. The average molecular weight is 266 g/mol. The van der Waals surface area contributed by atoms with Gasteiger partial charge in [0.05, 0.1) is 5.52 Å². The maximum atomic E-state index is 4.65. The lowest BCUT2D eigenvalue weighted by Gasteiger charge is -2.45. The number of piperazine rings is 1. The first-order valence-corrected chi connectivity index (χ1v) is 7.42. The highest BCUT2D eigenvalue weighted by Gasteiger charge is 2.34. The maximum absolute atomic E-state index is 4.65. The highest BCUT2D eigenvalue weighted by atomic mass is 15.3. The van der Waals surface area contributed by atoms with Crippen LogP contribution in [0.15, 0.2) is 30.3 Å². The third-order valence-electron chi connectivity index (χ3n) is 4.82. The lowest BCUT2D eigenvalue weighted by molar-refractivity contribution is 0.239. The van der Waals surface area contributed by atoms with Crippen LogP contribution >= 0.6 is 0 Å². The molecule has 2 aliphatic rings. The first-order valence-electron chi connectivity index (χ1n) is 7.42. The number of aromatic nitrogens is 1. The number of anilines is 1. The Morgan fingerprint density at radius 3 is 2.60 bits per heavy atom. The molecule has 0 unspecified atom stereocenters. The van der Waals surface area contributed by atoms with Gasteiger partial charge in [-0.2, -0.15) is 0 Å². The normalized spacial score (nSPS) is 26.4. The van der Waals surface area contributed by atoms with Crippen LogP contribution in [0.1, 0.15) is 18.5 Å². The molecule has 0 spiro atoms. The molecular weight excluding hydrogens is 246 g/mol. The maximum Gasteiger partial charge on any atom is 0.0726 e. The zero-order chi connectivity index (χ0) is 13.7. The molecule has 2 fully saturated rings. The van der Waals surface area contributed by atoms with Gasteiger partial charge in [0, 0.05) is 29.9 Å². The van der Waals surface area contributed by atoms with Crippen LogP contribution in [0.5, 0.6) is 0 Å². The molecule has 0 aliphatic carbocycles. The van der Waals surface area contributed by atoms with Crippen molar-refractivity contribution in [1.29, 1.82) is 0 Å². The first-order chi connectivity index (χ1) is 9.72. The second-order valence-electron chi connectivity index (χ2n) is 6.10. The highest BCUT2D eigenvalue weighted by Crippen LogP contribution is 2.34. The van der Waals surface area contributed by atoms with Gasteiger partial charge >= 0.3 is 0 Å². The van der Waals surface area contributed by atoms with Crippen molar-refractivity contribution in [2.45, 2.75) is 31.8 Å². The second kappa shape index (κ2) is 4.45. The predicted octanol–water partition coefficient (Wildman–Crippen LogP) is 2.99. The quantitative estimate of drug-likeness (QED) is 0.740. The van der Waals surface area contributed by atoms with Crippen molar-refractivity contribution in [3.63, 3.8) is 0 Å². The van der Waals surface area contributed by atoms with Gasteiger partial charge in [0.2, 0.25) is 0 Å². The fourth-order valence-electron chi connectivity index (χ4n) is 3.70. The fraction of sp³-hybridized carbons (Fsp3) is 0.412. The fourth-order valence-corrected chi connectivity index (χ4v) is 3.70. The summed E-state index contributed by atoms with van der Waals surface area (Å²) in [5.74, 6) is 0. The Labute approximate surface area is 120 Å². The number of pyridine rings is 1. The third-order valence-corrected chi connectivity index (χ3v) is 4.82. The number of hydrogen-bond acceptors (Lipinski definition) is 3.